The number of hydrogen-bond acceptors (Lipinski definition) is 6. The normalized spacial score (nSPS) is 12.7. The molecule has 0 aliphatic heterocycles. The van der Waals surface area contributed by atoms with Crippen LogP contribution in [-0.4, -0.2) is 37.2 Å². The molecule has 0 aliphatic rings. The molecular formula is C61H104O6. The van der Waals surface area contributed by atoms with E-state index in [1.165, 1.54) is 116 Å². The molecule has 0 saturated carbocycles. The van der Waals surface area contributed by atoms with Crippen LogP contribution < -0.4 is 0 Å². The van der Waals surface area contributed by atoms with E-state index in [0.29, 0.717) is 19.3 Å². The summed E-state index contributed by atoms with van der Waals surface area (Å²) in [5, 5.41) is 0. The molecule has 0 rings (SSSR count). The van der Waals surface area contributed by atoms with E-state index in [9.17, 15) is 14.4 Å². The van der Waals surface area contributed by atoms with Gasteiger partial charge in [0.25, 0.3) is 0 Å². The summed E-state index contributed by atoms with van der Waals surface area (Å²) in [6, 6.07) is 0. The van der Waals surface area contributed by atoms with Crippen molar-refractivity contribution in [2.24, 2.45) is 0 Å². The summed E-state index contributed by atoms with van der Waals surface area (Å²) in [5.41, 5.74) is 0. The summed E-state index contributed by atoms with van der Waals surface area (Å²) in [5.74, 6) is -0.916. The molecule has 0 N–H and O–H groups in total. The van der Waals surface area contributed by atoms with Gasteiger partial charge in [-0.25, -0.2) is 0 Å². The highest BCUT2D eigenvalue weighted by molar-refractivity contribution is 5.71. The monoisotopic (exact) mass is 933 g/mol. The van der Waals surface area contributed by atoms with Crippen molar-refractivity contribution in [1.82, 2.24) is 0 Å². The van der Waals surface area contributed by atoms with Crippen molar-refractivity contribution in [3.63, 3.8) is 0 Å². The zero-order chi connectivity index (χ0) is 48.6. The molecule has 0 spiro atoms. The molecule has 67 heavy (non-hydrogen) atoms. The van der Waals surface area contributed by atoms with Crippen LogP contribution in [-0.2, 0) is 28.6 Å². The zero-order valence-electron chi connectivity index (χ0n) is 43.9. The Bertz CT molecular complexity index is 1300. The van der Waals surface area contributed by atoms with E-state index in [0.717, 1.165) is 109 Å². The smallest absolute Gasteiger partial charge is 0.306 e. The van der Waals surface area contributed by atoms with Crippen LogP contribution in [0.2, 0.25) is 0 Å². The van der Waals surface area contributed by atoms with Crippen LogP contribution in [0.5, 0.6) is 0 Å². The number of unbranched alkanes of at least 4 members (excludes halogenated alkanes) is 25. The van der Waals surface area contributed by atoms with Gasteiger partial charge in [-0.2, -0.15) is 0 Å². The number of carbonyl (C=O) groups is 3. The van der Waals surface area contributed by atoms with Crippen molar-refractivity contribution in [1.29, 1.82) is 0 Å². The quantitative estimate of drug-likeness (QED) is 0.0262. The fraction of sp³-hybridized carbons (Fsp3) is 0.721. The highest BCUT2D eigenvalue weighted by atomic mass is 16.6. The number of rotatable bonds is 50. The highest BCUT2D eigenvalue weighted by Gasteiger charge is 2.19. The largest absolute Gasteiger partial charge is 0.462 e. The van der Waals surface area contributed by atoms with Crippen LogP contribution in [0.1, 0.15) is 265 Å². The Labute approximate surface area is 414 Å². The van der Waals surface area contributed by atoms with E-state index in [1.54, 1.807) is 0 Å². The summed E-state index contributed by atoms with van der Waals surface area (Å²) in [6.07, 6.45) is 71.3. The third kappa shape index (κ3) is 53.4. The van der Waals surface area contributed by atoms with Gasteiger partial charge in [0.2, 0.25) is 0 Å². The summed E-state index contributed by atoms with van der Waals surface area (Å²) >= 11 is 0. The van der Waals surface area contributed by atoms with Gasteiger partial charge < -0.3 is 14.2 Å². The molecule has 0 radical (unpaired) electrons. The van der Waals surface area contributed by atoms with E-state index in [1.807, 2.05) is 0 Å². The van der Waals surface area contributed by atoms with Gasteiger partial charge in [-0.15, -0.1) is 0 Å². The van der Waals surface area contributed by atoms with Crippen molar-refractivity contribution >= 4 is 17.9 Å². The number of ether oxygens (including phenoxy) is 3. The predicted octanol–water partition coefficient (Wildman–Crippen LogP) is 18.8. The number of hydrogen-bond donors (Lipinski definition) is 0. The summed E-state index contributed by atoms with van der Waals surface area (Å²) in [4.78, 5) is 38.1. The van der Waals surface area contributed by atoms with Crippen LogP contribution in [0.3, 0.4) is 0 Å². The summed E-state index contributed by atoms with van der Waals surface area (Å²) < 4.78 is 16.8. The van der Waals surface area contributed by atoms with Gasteiger partial charge in [-0.3, -0.25) is 14.4 Å². The van der Waals surface area contributed by atoms with E-state index < -0.39 is 6.10 Å². The molecule has 0 aromatic carbocycles. The Morgan fingerprint density at radius 1 is 0.313 bits per heavy atom. The van der Waals surface area contributed by atoms with Crippen LogP contribution in [0.15, 0.2) is 85.1 Å². The van der Waals surface area contributed by atoms with Gasteiger partial charge in [0.1, 0.15) is 13.2 Å². The molecule has 0 bridgehead atoms. The van der Waals surface area contributed by atoms with Crippen LogP contribution in [0.4, 0.5) is 0 Å². The Balaban J connectivity index is 4.42. The van der Waals surface area contributed by atoms with Crippen molar-refractivity contribution in [2.45, 2.75) is 271 Å². The predicted molar refractivity (Wildman–Crippen MR) is 288 cm³/mol. The van der Waals surface area contributed by atoms with E-state index in [-0.39, 0.29) is 31.1 Å². The molecule has 0 heterocycles. The van der Waals surface area contributed by atoms with Crippen molar-refractivity contribution < 1.29 is 28.6 Å². The molecule has 0 saturated heterocycles. The van der Waals surface area contributed by atoms with E-state index >= 15 is 0 Å². The third-order valence-electron chi connectivity index (χ3n) is 11.9. The third-order valence-corrected chi connectivity index (χ3v) is 11.9. The molecule has 0 fully saturated rings. The topological polar surface area (TPSA) is 78.9 Å². The molecule has 0 amide bonds. The lowest BCUT2D eigenvalue weighted by molar-refractivity contribution is -0.167. The summed E-state index contributed by atoms with van der Waals surface area (Å²) in [6.45, 7) is 6.47. The first kappa shape index (κ1) is 63.6. The highest BCUT2D eigenvalue weighted by Crippen LogP contribution is 2.14. The Hall–Kier alpha value is -3.41. The average Bonchev–Trinajstić information content (AvgIpc) is 3.33. The summed E-state index contributed by atoms with van der Waals surface area (Å²) in [7, 11) is 0. The van der Waals surface area contributed by atoms with Crippen molar-refractivity contribution in [3.05, 3.63) is 85.1 Å². The Morgan fingerprint density at radius 2 is 0.582 bits per heavy atom. The van der Waals surface area contributed by atoms with Gasteiger partial charge >= 0.3 is 17.9 Å². The van der Waals surface area contributed by atoms with E-state index in [2.05, 4.69) is 106 Å². The molecule has 0 aromatic heterocycles. The average molecular weight is 933 g/mol. The van der Waals surface area contributed by atoms with E-state index in [4.69, 9.17) is 14.2 Å². The van der Waals surface area contributed by atoms with Gasteiger partial charge in [-0.05, 0) is 116 Å². The number of carbonyl (C=O) groups excluding carboxylic acids is 3. The lowest BCUT2D eigenvalue weighted by Crippen LogP contribution is -2.30. The van der Waals surface area contributed by atoms with Crippen LogP contribution >= 0.6 is 0 Å². The Morgan fingerprint density at radius 3 is 0.955 bits per heavy atom. The fourth-order valence-corrected chi connectivity index (χ4v) is 7.63. The standard InChI is InChI=1S/C61H104O6/c1-4-7-10-13-16-19-22-25-27-29-30-32-33-36-39-42-45-48-51-54-60(63)66-57-58(56-65-59(62)53-50-47-44-41-38-35-24-21-18-15-12-9-6-3)67-61(64)55-52-49-46-43-40-37-34-31-28-26-23-20-17-14-11-8-5-2/h8,11,16-17,19-21,24-28,30,32,58H,4-7,9-10,12-15,18,22-23,29,31,33-57H2,1-3H3/b11-8-,19-16-,20-17-,24-21-,27-25-,28-26-,32-30-. The number of esters is 3. The molecule has 1 unspecified atom stereocenters. The SMILES string of the molecule is CC/C=C\C/C=C\C/C=C\CCCCCCCCCC(=O)OC(COC(=O)CCCCCCC/C=C\CCCCCC)COC(=O)CCCCCCCC/C=C\C/C=C\C/C=C\CCCCC. The fourth-order valence-electron chi connectivity index (χ4n) is 7.63. The van der Waals surface area contributed by atoms with Crippen molar-refractivity contribution in [3.8, 4) is 0 Å². The second kappa shape index (κ2) is 55.2. The zero-order valence-corrected chi connectivity index (χ0v) is 43.9. The molecule has 6 nitrogen and oxygen atoms in total. The molecule has 384 valence electrons. The van der Waals surface area contributed by atoms with Crippen LogP contribution in [0.25, 0.3) is 0 Å². The minimum Gasteiger partial charge on any atom is -0.462 e. The molecule has 6 heteroatoms. The molecule has 0 aliphatic carbocycles. The lowest BCUT2D eigenvalue weighted by Gasteiger charge is -2.18. The van der Waals surface area contributed by atoms with Gasteiger partial charge in [0.05, 0.1) is 0 Å². The van der Waals surface area contributed by atoms with Crippen LogP contribution in [0, 0.1) is 0 Å². The lowest BCUT2D eigenvalue weighted by atomic mass is 10.1. The minimum absolute atomic E-state index is 0.0894. The second-order valence-corrected chi connectivity index (χ2v) is 18.5. The number of allylic oxidation sites excluding steroid dienone is 14. The first-order valence-electron chi connectivity index (χ1n) is 28.1. The van der Waals surface area contributed by atoms with Gasteiger partial charge in [0, 0.05) is 19.3 Å². The molecule has 1 atom stereocenters. The molecular weight excluding hydrogens is 829 g/mol. The second-order valence-electron chi connectivity index (χ2n) is 18.5. The minimum atomic E-state index is -0.791. The Kier molecular flexibility index (Phi) is 52.4. The first-order chi connectivity index (χ1) is 33.0. The maximum absolute atomic E-state index is 12.8. The van der Waals surface area contributed by atoms with Crippen molar-refractivity contribution in [2.75, 3.05) is 13.2 Å². The maximum Gasteiger partial charge on any atom is 0.306 e. The molecule has 0 aromatic rings. The maximum atomic E-state index is 12.8. The van der Waals surface area contributed by atoms with Gasteiger partial charge in [-0.1, -0.05) is 215 Å². The van der Waals surface area contributed by atoms with Gasteiger partial charge in [0.15, 0.2) is 6.10 Å². The first-order valence-corrected chi connectivity index (χ1v) is 28.1.